The lowest BCUT2D eigenvalue weighted by atomic mass is 10.1. The highest BCUT2D eigenvalue weighted by Gasteiger charge is 2.33. The van der Waals surface area contributed by atoms with E-state index in [2.05, 4.69) is 13.8 Å². The molecule has 4 heteroatoms. The molecule has 1 N–H and O–H groups in total. The number of amides is 1. The van der Waals surface area contributed by atoms with Crippen molar-refractivity contribution in [1.82, 2.24) is 0 Å². The lowest BCUT2D eigenvalue weighted by molar-refractivity contribution is -0.125. The number of hydrogen-bond acceptors (Lipinski definition) is 3. The van der Waals surface area contributed by atoms with Crippen molar-refractivity contribution in [3.05, 3.63) is 23.8 Å². The Kier molecular flexibility index (Phi) is 3.97. The topological polar surface area (TPSA) is 40.5 Å². The highest BCUT2D eigenvalue weighted by molar-refractivity contribution is 7.99. The van der Waals surface area contributed by atoms with Crippen molar-refractivity contribution in [1.29, 1.82) is 0 Å². The summed E-state index contributed by atoms with van der Waals surface area (Å²) in [7, 11) is 1.71. The van der Waals surface area contributed by atoms with Crippen molar-refractivity contribution in [3.8, 4) is 0 Å². The molecule has 1 aliphatic rings. The van der Waals surface area contributed by atoms with Crippen LogP contribution in [0.15, 0.2) is 23.1 Å². The molecule has 1 amide bonds. The summed E-state index contributed by atoms with van der Waals surface area (Å²) in [5, 5.41) is 9.77. The van der Waals surface area contributed by atoms with Gasteiger partial charge in [-0.15, -0.1) is 11.8 Å². The van der Waals surface area contributed by atoms with Crippen LogP contribution >= 0.6 is 11.8 Å². The summed E-state index contributed by atoms with van der Waals surface area (Å²) in [5.41, 5.74) is 1.55. The minimum atomic E-state index is -0.987. The van der Waals surface area contributed by atoms with Crippen molar-refractivity contribution in [2.24, 2.45) is 5.92 Å². The highest BCUT2D eigenvalue weighted by Crippen LogP contribution is 2.37. The van der Waals surface area contributed by atoms with Crippen molar-refractivity contribution in [3.63, 3.8) is 0 Å². The van der Waals surface area contributed by atoms with Gasteiger partial charge in [0.15, 0.2) is 6.10 Å². The van der Waals surface area contributed by atoms with Crippen LogP contribution in [-0.4, -0.2) is 23.8 Å². The second-order valence-corrected chi connectivity index (χ2v) is 5.94. The Morgan fingerprint density at radius 2 is 2.22 bits per heavy atom. The quantitative estimate of drug-likeness (QED) is 0.851. The van der Waals surface area contributed by atoms with Crippen LogP contribution in [0.2, 0.25) is 0 Å². The van der Waals surface area contributed by atoms with Crippen molar-refractivity contribution < 1.29 is 9.90 Å². The first-order valence-electron chi connectivity index (χ1n) is 6.27. The van der Waals surface area contributed by atoms with Gasteiger partial charge in [-0.05, 0) is 18.1 Å². The number of benzene rings is 1. The predicted octanol–water partition coefficient (Wildman–Crippen LogP) is 2.83. The van der Waals surface area contributed by atoms with Gasteiger partial charge in [-0.2, -0.15) is 0 Å². The Balaban J connectivity index is 2.16. The van der Waals surface area contributed by atoms with E-state index in [0.29, 0.717) is 5.92 Å². The van der Waals surface area contributed by atoms with Gasteiger partial charge in [0.2, 0.25) is 0 Å². The van der Waals surface area contributed by atoms with Crippen LogP contribution in [0.5, 0.6) is 0 Å². The maximum Gasteiger partial charge on any atom is 0.260 e. The van der Waals surface area contributed by atoms with E-state index in [9.17, 15) is 9.90 Å². The average Bonchev–Trinajstić information content (AvgIpc) is 2.61. The minimum Gasteiger partial charge on any atom is -0.378 e. The van der Waals surface area contributed by atoms with Gasteiger partial charge in [0, 0.05) is 23.3 Å². The SMILES string of the molecule is CCC(C)CSc1ccc2c(c1)N(C)C(=O)C2O. The summed E-state index contributed by atoms with van der Waals surface area (Å²) < 4.78 is 0. The van der Waals surface area contributed by atoms with Gasteiger partial charge in [-0.3, -0.25) is 4.79 Å². The van der Waals surface area contributed by atoms with Gasteiger partial charge >= 0.3 is 0 Å². The van der Waals surface area contributed by atoms with Gasteiger partial charge in [0.25, 0.3) is 5.91 Å². The summed E-state index contributed by atoms with van der Waals surface area (Å²) in [6.45, 7) is 4.43. The summed E-state index contributed by atoms with van der Waals surface area (Å²) in [5.74, 6) is 1.53. The third kappa shape index (κ3) is 2.40. The molecule has 0 bridgehead atoms. The Bertz CT molecular complexity index is 461. The van der Waals surface area contributed by atoms with E-state index in [4.69, 9.17) is 0 Å². The second kappa shape index (κ2) is 5.33. The molecule has 2 unspecified atom stereocenters. The van der Waals surface area contributed by atoms with Crippen LogP contribution in [0.25, 0.3) is 0 Å². The standard InChI is InChI=1S/C14H19NO2S/c1-4-9(2)8-18-10-5-6-11-12(7-10)15(3)14(17)13(11)16/h5-7,9,13,16H,4,8H2,1-3H3. The van der Waals surface area contributed by atoms with Gasteiger partial charge < -0.3 is 10.0 Å². The zero-order chi connectivity index (χ0) is 13.3. The molecule has 0 radical (unpaired) electrons. The number of thioether (sulfide) groups is 1. The molecule has 0 aliphatic carbocycles. The average molecular weight is 265 g/mol. The van der Waals surface area contributed by atoms with Gasteiger partial charge in [0.1, 0.15) is 0 Å². The molecule has 2 atom stereocenters. The minimum absolute atomic E-state index is 0.242. The molecule has 1 aromatic carbocycles. The summed E-state index contributed by atoms with van der Waals surface area (Å²) >= 11 is 1.80. The second-order valence-electron chi connectivity index (χ2n) is 4.84. The maximum absolute atomic E-state index is 11.7. The van der Waals surface area contributed by atoms with Gasteiger partial charge in [-0.25, -0.2) is 0 Å². The summed E-state index contributed by atoms with van der Waals surface area (Å²) in [6.07, 6.45) is 0.188. The molecule has 98 valence electrons. The van der Waals surface area contributed by atoms with E-state index in [1.165, 1.54) is 11.3 Å². The van der Waals surface area contributed by atoms with Crippen LogP contribution in [0.1, 0.15) is 31.9 Å². The number of anilines is 1. The fraction of sp³-hybridized carbons (Fsp3) is 0.500. The molecular weight excluding hydrogens is 246 g/mol. The summed E-state index contributed by atoms with van der Waals surface area (Å²) in [6, 6.07) is 5.85. The Morgan fingerprint density at radius 1 is 1.50 bits per heavy atom. The molecule has 0 saturated carbocycles. The molecule has 0 saturated heterocycles. The number of hydrogen-bond donors (Lipinski definition) is 1. The molecule has 1 heterocycles. The molecule has 1 aromatic rings. The first kappa shape index (κ1) is 13.4. The number of nitrogens with zero attached hydrogens (tertiary/aromatic N) is 1. The third-order valence-electron chi connectivity index (χ3n) is 3.45. The van der Waals surface area contributed by atoms with Crippen LogP contribution in [-0.2, 0) is 4.79 Å². The number of aliphatic hydroxyl groups excluding tert-OH is 1. The molecule has 0 fully saturated rings. The molecular formula is C14H19NO2S. The van der Waals surface area contributed by atoms with Crippen LogP contribution < -0.4 is 4.90 Å². The maximum atomic E-state index is 11.7. The first-order chi connectivity index (χ1) is 8.54. The van der Waals surface area contributed by atoms with Crippen molar-refractivity contribution >= 4 is 23.4 Å². The Morgan fingerprint density at radius 3 is 2.89 bits per heavy atom. The number of aliphatic hydroxyl groups is 1. The fourth-order valence-electron chi connectivity index (χ4n) is 1.93. The van der Waals surface area contributed by atoms with Crippen molar-refractivity contribution in [2.75, 3.05) is 17.7 Å². The van der Waals surface area contributed by atoms with Crippen LogP contribution in [0.4, 0.5) is 5.69 Å². The summed E-state index contributed by atoms with van der Waals surface area (Å²) in [4.78, 5) is 14.3. The number of rotatable bonds is 4. The van der Waals surface area contributed by atoms with E-state index >= 15 is 0 Å². The Labute approximate surface area is 112 Å². The molecule has 2 rings (SSSR count). The predicted molar refractivity (Wildman–Crippen MR) is 75.0 cm³/mol. The number of carbonyl (C=O) groups is 1. The van der Waals surface area contributed by atoms with E-state index in [1.807, 2.05) is 18.2 Å². The van der Waals surface area contributed by atoms with E-state index in [-0.39, 0.29) is 5.91 Å². The first-order valence-corrected chi connectivity index (χ1v) is 7.25. The molecule has 3 nitrogen and oxygen atoms in total. The molecule has 0 spiro atoms. The van der Waals surface area contributed by atoms with Gasteiger partial charge in [-0.1, -0.05) is 26.3 Å². The van der Waals surface area contributed by atoms with E-state index in [1.54, 1.807) is 18.8 Å². The molecule has 18 heavy (non-hydrogen) atoms. The zero-order valence-electron chi connectivity index (χ0n) is 11.0. The third-order valence-corrected chi connectivity index (χ3v) is 4.78. The lowest BCUT2D eigenvalue weighted by Crippen LogP contribution is -2.23. The highest BCUT2D eigenvalue weighted by atomic mass is 32.2. The smallest absolute Gasteiger partial charge is 0.260 e. The van der Waals surface area contributed by atoms with Crippen LogP contribution in [0.3, 0.4) is 0 Å². The van der Waals surface area contributed by atoms with Crippen LogP contribution in [0, 0.1) is 5.92 Å². The number of fused-ring (bicyclic) bond motifs is 1. The normalized spacial score (nSPS) is 20.1. The van der Waals surface area contributed by atoms with Gasteiger partial charge in [0.05, 0.1) is 5.69 Å². The van der Waals surface area contributed by atoms with E-state index < -0.39 is 6.10 Å². The number of carbonyl (C=O) groups excluding carboxylic acids is 1. The number of likely N-dealkylation sites (N-methyl/N-ethyl adjacent to an activating group) is 1. The molecule has 0 aromatic heterocycles. The lowest BCUT2D eigenvalue weighted by Gasteiger charge is -2.12. The monoisotopic (exact) mass is 265 g/mol. The van der Waals surface area contributed by atoms with E-state index in [0.717, 1.165) is 21.9 Å². The Hall–Kier alpha value is -1.00. The fourth-order valence-corrected chi connectivity index (χ4v) is 3.00. The molecule has 1 aliphatic heterocycles. The van der Waals surface area contributed by atoms with Crippen molar-refractivity contribution in [2.45, 2.75) is 31.3 Å². The largest absolute Gasteiger partial charge is 0.378 e. The zero-order valence-corrected chi connectivity index (χ0v) is 11.8.